The summed E-state index contributed by atoms with van der Waals surface area (Å²) in [6.45, 7) is 7.07. The Morgan fingerprint density at radius 1 is 1.00 bits per heavy atom. The average molecular weight is 458 g/mol. The Morgan fingerprint density at radius 2 is 1.50 bits per heavy atom. The van der Waals surface area contributed by atoms with Gasteiger partial charge in [-0.15, -0.1) is 0 Å². The molecular weight excluding hydrogens is 422 g/mol. The van der Waals surface area contributed by atoms with Gasteiger partial charge in [0.25, 0.3) is 8.32 Å². The maximum atomic E-state index is 12.5. The van der Waals surface area contributed by atoms with Crippen molar-refractivity contribution in [3.05, 3.63) is 60.7 Å². The number of hydrogen-bond acceptors (Lipinski definition) is 4. The molecule has 1 amide bonds. The van der Waals surface area contributed by atoms with E-state index in [4.69, 9.17) is 9.26 Å². The van der Waals surface area contributed by atoms with Crippen LogP contribution in [-0.2, 0) is 18.9 Å². The highest BCUT2D eigenvalue weighted by atomic mass is 28.4. The summed E-state index contributed by atoms with van der Waals surface area (Å²) in [6.07, 6.45) is 0.758. The first-order chi connectivity index (χ1) is 15.1. The number of rotatable bonds is 11. The third-order valence-corrected chi connectivity index (χ3v) is 10.8. The standard InChI is InChI=1S/C25H35NO5Si/c1-25(2,3)32(21-14-8-6-9-15-21,22-16-10-7-11-17-22)31-18-12-13-20(19-23(27)28)24(29)26(4)30-5/h6-11,14-17,20H,12-13,18-19H2,1-5H3,(H,27,28). The van der Waals surface area contributed by atoms with Crippen LogP contribution in [-0.4, -0.2) is 51.1 Å². The number of carbonyl (C=O) groups excluding carboxylic acids is 1. The van der Waals surface area contributed by atoms with Crippen LogP contribution in [0.5, 0.6) is 0 Å². The number of amides is 1. The second-order valence-corrected chi connectivity index (χ2v) is 13.3. The van der Waals surface area contributed by atoms with Crippen LogP contribution in [0, 0.1) is 5.92 Å². The first-order valence-electron chi connectivity index (χ1n) is 10.9. The fourth-order valence-electron chi connectivity index (χ4n) is 4.19. The summed E-state index contributed by atoms with van der Waals surface area (Å²) in [5.74, 6) is -1.98. The molecule has 0 heterocycles. The summed E-state index contributed by atoms with van der Waals surface area (Å²) in [5.41, 5.74) is 0. The Kier molecular flexibility index (Phi) is 9.18. The zero-order chi connectivity index (χ0) is 23.8. The number of nitrogens with zero attached hydrogens (tertiary/aromatic N) is 1. The average Bonchev–Trinajstić information content (AvgIpc) is 2.77. The molecule has 0 aromatic heterocycles. The van der Waals surface area contributed by atoms with E-state index in [0.29, 0.717) is 19.4 Å². The van der Waals surface area contributed by atoms with Crippen molar-refractivity contribution < 1.29 is 24.0 Å². The minimum Gasteiger partial charge on any atom is -0.481 e. The minimum absolute atomic E-state index is 0.137. The van der Waals surface area contributed by atoms with Crippen molar-refractivity contribution in [3.63, 3.8) is 0 Å². The van der Waals surface area contributed by atoms with Gasteiger partial charge in [-0.05, 0) is 28.3 Å². The van der Waals surface area contributed by atoms with Gasteiger partial charge in [0.2, 0.25) is 5.91 Å². The number of carboxylic acid groups (broad SMARTS) is 1. The number of aliphatic carboxylic acids is 1. The molecule has 2 aromatic rings. The van der Waals surface area contributed by atoms with E-state index in [-0.39, 0.29) is 17.4 Å². The van der Waals surface area contributed by atoms with Crippen LogP contribution in [0.3, 0.4) is 0 Å². The number of benzene rings is 2. The highest BCUT2D eigenvalue weighted by Gasteiger charge is 2.50. The molecule has 6 nitrogen and oxygen atoms in total. The van der Waals surface area contributed by atoms with E-state index in [1.165, 1.54) is 24.5 Å². The molecule has 2 rings (SSSR count). The third-order valence-electron chi connectivity index (χ3n) is 5.79. The van der Waals surface area contributed by atoms with E-state index in [2.05, 4.69) is 45.0 Å². The molecule has 1 atom stereocenters. The predicted octanol–water partition coefficient (Wildman–Crippen LogP) is 3.45. The van der Waals surface area contributed by atoms with Crippen LogP contribution in [0.25, 0.3) is 0 Å². The SMILES string of the molecule is CON(C)C(=O)C(CCCO[Si](c1ccccc1)(c1ccccc1)C(C)(C)C)CC(=O)O. The Labute approximate surface area is 192 Å². The van der Waals surface area contributed by atoms with Crippen molar-refractivity contribution in [1.82, 2.24) is 5.06 Å². The Bertz CT molecular complexity index is 827. The number of hydroxylamine groups is 2. The zero-order valence-electron chi connectivity index (χ0n) is 19.7. The van der Waals surface area contributed by atoms with Gasteiger partial charge in [0.05, 0.1) is 19.4 Å². The quantitative estimate of drug-likeness (QED) is 0.318. The van der Waals surface area contributed by atoms with Gasteiger partial charge in [-0.25, -0.2) is 5.06 Å². The van der Waals surface area contributed by atoms with Gasteiger partial charge in [0.15, 0.2) is 0 Å². The molecule has 0 saturated heterocycles. The molecule has 0 aliphatic heterocycles. The largest absolute Gasteiger partial charge is 0.481 e. The molecule has 2 aromatic carbocycles. The fourth-order valence-corrected chi connectivity index (χ4v) is 8.79. The highest BCUT2D eigenvalue weighted by Crippen LogP contribution is 2.37. The van der Waals surface area contributed by atoms with Crippen molar-refractivity contribution in [2.75, 3.05) is 20.8 Å². The molecule has 32 heavy (non-hydrogen) atoms. The van der Waals surface area contributed by atoms with Crippen molar-refractivity contribution in [2.24, 2.45) is 5.92 Å². The summed E-state index contributed by atoms with van der Waals surface area (Å²) in [4.78, 5) is 28.8. The van der Waals surface area contributed by atoms with Crippen molar-refractivity contribution >= 4 is 30.6 Å². The maximum absolute atomic E-state index is 12.5. The lowest BCUT2D eigenvalue weighted by Crippen LogP contribution is -2.66. The summed E-state index contributed by atoms with van der Waals surface area (Å²) in [6, 6.07) is 20.7. The van der Waals surface area contributed by atoms with E-state index in [0.717, 1.165) is 5.06 Å². The summed E-state index contributed by atoms with van der Waals surface area (Å²) in [7, 11) is 0.241. The normalized spacial score (nSPS) is 12.9. The van der Waals surface area contributed by atoms with E-state index in [9.17, 15) is 14.7 Å². The summed E-state index contributed by atoms with van der Waals surface area (Å²) >= 11 is 0. The van der Waals surface area contributed by atoms with Crippen molar-refractivity contribution in [2.45, 2.75) is 45.1 Å². The van der Waals surface area contributed by atoms with Gasteiger partial charge in [-0.1, -0.05) is 81.4 Å². The molecule has 0 aliphatic carbocycles. The molecule has 0 aliphatic rings. The van der Waals surface area contributed by atoms with E-state index in [1.807, 2.05) is 36.4 Å². The smallest absolute Gasteiger partial charge is 0.304 e. The molecule has 0 fully saturated rings. The molecule has 0 spiro atoms. The Balaban J connectivity index is 2.28. The van der Waals surface area contributed by atoms with E-state index >= 15 is 0 Å². The van der Waals surface area contributed by atoms with Crippen LogP contribution in [0.2, 0.25) is 5.04 Å². The summed E-state index contributed by atoms with van der Waals surface area (Å²) < 4.78 is 6.82. The molecular formula is C25H35NO5Si. The Hall–Kier alpha value is -2.48. The Morgan fingerprint density at radius 3 is 1.91 bits per heavy atom. The van der Waals surface area contributed by atoms with Crippen molar-refractivity contribution in [3.8, 4) is 0 Å². The van der Waals surface area contributed by atoms with Gasteiger partial charge in [0.1, 0.15) is 0 Å². The van der Waals surface area contributed by atoms with Gasteiger partial charge in [0, 0.05) is 13.7 Å². The molecule has 174 valence electrons. The monoisotopic (exact) mass is 457 g/mol. The lowest BCUT2D eigenvalue weighted by atomic mass is 9.98. The second kappa shape index (κ2) is 11.4. The van der Waals surface area contributed by atoms with Crippen LogP contribution in [0.1, 0.15) is 40.0 Å². The topological polar surface area (TPSA) is 76.1 Å². The zero-order valence-corrected chi connectivity index (χ0v) is 20.7. The van der Waals surface area contributed by atoms with Gasteiger partial charge >= 0.3 is 5.97 Å². The first-order valence-corrected chi connectivity index (χ1v) is 12.8. The first kappa shape index (κ1) is 25.8. The number of hydrogen-bond donors (Lipinski definition) is 1. The molecule has 0 bridgehead atoms. The molecule has 7 heteroatoms. The van der Waals surface area contributed by atoms with Crippen LogP contribution in [0.15, 0.2) is 60.7 Å². The van der Waals surface area contributed by atoms with E-state index < -0.39 is 20.2 Å². The molecule has 1 N–H and O–H groups in total. The lowest BCUT2D eigenvalue weighted by Gasteiger charge is -2.43. The number of carbonyl (C=O) groups is 2. The highest BCUT2D eigenvalue weighted by molar-refractivity contribution is 6.99. The van der Waals surface area contributed by atoms with Crippen LogP contribution >= 0.6 is 0 Å². The summed E-state index contributed by atoms with van der Waals surface area (Å²) in [5, 5.41) is 12.6. The third kappa shape index (κ3) is 6.06. The van der Waals surface area contributed by atoms with Crippen molar-refractivity contribution in [1.29, 1.82) is 0 Å². The van der Waals surface area contributed by atoms with Gasteiger partial charge < -0.3 is 9.53 Å². The minimum atomic E-state index is -2.65. The van der Waals surface area contributed by atoms with Crippen LogP contribution < -0.4 is 10.4 Å². The predicted molar refractivity (Wildman–Crippen MR) is 128 cm³/mol. The molecule has 0 saturated carbocycles. The molecule has 1 unspecified atom stereocenters. The fraction of sp³-hybridized carbons (Fsp3) is 0.440. The van der Waals surface area contributed by atoms with E-state index in [1.54, 1.807) is 0 Å². The van der Waals surface area contributed by atoms with Gasteiger partial charge in [-0.3, -0.25) is 14.4 Å². The van der Waals surface area contributed by atoms with Gasteiger partial charge in [-0.2, -0.15) is 0 Å². The van der Waals surface area contributed by atoms with Crippen LogP contribution in [0.4, 0.5) is 0 Å². The lowest BCUT2D eigenvalue weighted by molar-refractivity contribution is -0.175. The number of carboxylic acids is 1. The maximum Gasteiger partial charge on any atom is 0.304 e. The second-order valence-electron chi connectivity index (χ2n) is 8.97. The molecule has 0 radical (unpaired) electrons.